The van der Waals surface area contributed by atoms with Gasteiger partial charge in [-0.3, -0.25) is 4.79 Å². The molecule has 0 fully saturated rings. The van der Waals surface area contributed by atoms with Crippen LogP contribution in [-0.2, 0) is 11.3 Å². The maximum absolute atomic E-state index is 12.0. The van der Waals surface area contributed by atoms with Gasteiger partial charge in [0.1, 0.15) is 0 Å². The molecule has 26 heavy (non-hydrogen) atoms. The molecule has 3 N–H and O–H groups in total. The van der Waals surface area contributed by atoms with Crippen LogP contribution >= 0.6 is 0 Å². The lowest BCUT2D eigenvalue weighted by molar-refractivity contribution is -0.121. The van der Waals surface area contributed by atoms with Gasteiger partial charge in [0.15, 0.2) is 0 Å². The van der Waals surface area contributed by atoms with Crippen LogP contribution in [0.25, 0.3) is 0 Å². The van der Waals surface area contributed by atoms with Gasteiger partial charge in [0.25, 0.3) is 0 Å². The van der Waals surface area contributed by atoms with E-state index in [4.69, 9.17) is 0 Å². The van der Waals surface area contributed by atoms with Crippen LogP contribution in [0.2, 0.25) is 0 Å². The third-order valence-electron chi connectivity index (χ3n) is 4.24. The Labute approximate surface area is 155 Å². The van der Waals surface area contributed by atoms with Gasteiger partial charge in [-0.2, -0.15) is 0 Å². The van der Waals surface area contributed by atoms with Crippen molar-refractivity contribution in [1.29, 1.82) is 0 Å². The molecule has 0 saturated heterocycles. The predicted molar refractivity (Wildman–Crippen MR) is 104 cm³/mol. The lowest BCUT2D eigenvalue weighted by Gasteiger charge is -2.16. The molecule has 5 nitrogen and oxygen atoms in total. The minimum Gasteiger partial charge on any atom is -0.355 e. The van der Waals surface area contributed by atoms with E-state index in [9.17, 15) is 9.59 Å². The molecule has 0 aromatic heterocycles. The Balaban J connectivity index is 1.61. The van der Waals surface area contributed by atoms with Gasteiger partial charge in [-0.05, 0) is 17.5 Å². The topological polar surface area (TPSA) is 70.2 Å². The van der Waals surface area contributed by atoms with Crippen LogP contribution in [0.1, 0.15) is 36.8 Å². The zero-order valence-corrected chi connectivity index (χ0v) is 15.2. The molecule has 1 atom stereocenters. The summed E-state index contributed by atoms with van der Waals surface area (Å²) in [5, 5.41) is 8.43. The second-order valence-electron chi connectivity index (χ2n) is 6.16. The van der Waals surface area contributed by atoms with E-state index in [1.807, 2.05) is 48.5 Å². The number of urea groups is 1. The molecule has 0 bridgehead atoms. The smallest absolute Gasteiger partial charge is 0.315 e. The SMILES string of the molecule is CCC(CNC(=O)CCNC(=O)NCc1ccccc1)c1ccccc1. The van der Waals surface area contributed by atoms with E-state index in [1.54, 1.807) is 0 Å². The summed E-state index contributed by atoms with van der Waals surface area (Å²) in [6, 6.07) is 19.6. The van der Waals surface area contributed by atoms with Crippen molar-refractivity contribution >= 4 is 11.9 Å². The summed E-state index contributed by atoms with van der Waals surface area (Å²) in [7, 11) is 0. The fourth-order valence-electron chi connectivity index (χ4n) is 2.68. The van der Waals surface area contributed by atoms with E-state index in [-0.39, 0.29) is 18.4 Å². The number of nitrogens with one attached hydrogen (secondary N) is 3. The largest absolute Gasteiger partial charge is 0.355 e. The van der Waals surface area contributed by atoms with Gasteiger partial charge in [0.05, 0.1) is 0 Å². The molecule has 0 radical (unpaired) electrons. The van der Waals surface area contributed by atoms with E-state index in [2.05, 4.69) is 35.0 Å². The van der Waals surface area contributed by atoms with Gasteiger partial charge < -0.3 is 16.0 Å². The fourth-order valence-corrected chi connectivity index (χ4v) is 2.68. The number of benzene rings is 2. The standard InChI is InChI=1S/C21H27N3O2/c1-2-18(19-11-7-4-8-12-19)16-23-20(25)13-14-22-21(26)24-15-17-9-5-3-6-10-17/h3-12,18H,2,13-16H2,1H3,(H,23,25)(H2,22,24,26). The number of hydrogen-bond donors (Lipinski definition) is 3. The quantitative estimate of drug-likeness (QED) is 0.648. The second-order valence-corrected chi connectivity index (χ2v) is 6.16. The Morgan fingerprint density at radius 3 is 2.19 bits per heavy atom. The fraction of sp³-hybridized carbons (Fsp3) is 0.333. The molecular weight excluding hydrogens is 326 g/mol. The lowest BCUT2D eigenvalue weighted by Crippen LogP contribution is -2.38. The van der Waals surface area contributed by atoms with Crippen LogP contribution in [0.3, 0.4) is 0 Å². The Morgan fingerprint density at radius 1 is 0.885 bits per heavy atom. The van der Waals surface area contributed by atoms with E-state index in [0.717, 1.165) is 12.0 Å². The van der Waals surface area contributed by atoms with Crippen molar-refractivity contribution in [3.05, 3.63) is 71.8 Å². The van der Waals surface area contributed by atoms with Gasteiger partial charge in [-0.1, -0.05) is 67.6 Å². The number of amides is 3. The highest BCUT2D eigenvalue weighted by Crippen LogP contribution is 2.17. The van der Waals surface area contributed by atoms with Crippen LogP contribution < -0.4 is 16.0 Å². The van der Waals surface area contributed by atoms with Gasteiger partial charge in [-0.25, -0.2) is 4.79 Å². The molecule has 2 rings (SSSR count). The lowest BCUT2D eigenvalue weighted by atomic mass is 9.96. The van der Waals surface area contributed by atoms with Crippen LogP contribution in [-0.4, -0.2) is 25.0 Å². The molecule has 0 spiro atoms. The highest BCUT2D eigenvalue weighted by Gasteiger charge is 2.11. The third kappa shape index (κ3) is 6.97. The molecule has 0 aliphatic heterocycles. The average molecular weight is 353 g/mol. The number of carbonyl (C=O) groups is 2. The van der Waals surface area contributed by atoms with Crippen LogP contribution in [0.15, 0.2) is 60.7 Å². The molecule has 5 heteroatoms. The summed E-state index contributed by atoms with van der Waals surface area (Å²) in [6.45, 7) is 3.50. The Bertz CT molecular complexity index is 674. The zero-order chi connectivity index (χ0) is 18.6. The first-order chi connectivity index (χ1) is 12.7. The number of rotatable bonds is 9. The van der Waals surface area contributed by atoms with Crippen molar-refractivity contribution in [2.24, 2.45) is 0 Å². The molecule has 2 aromatic carbocycles. The molecule has 0 saturated carbocycles. The van der Waals surface area contributed by atoms with Crippen LogP contribution in [0.4, 0.5) is 4.79 Å². The average Bonchev–Trinajstić information content (AvgIpc) is 2.68. The molecular formula is C21H27N3O2. The molecule has 0 aliphatic carbocycles. The van der Waals surface area contributed by atoms with Crippen molar-refractivity contribution in [2.75, 3.05) is 13.1 Å². The van der Waals surface area contributed by atoms with Gasteiger partial charge in [0.2, 0.25) is 5.91 Å². The maximum atomic E-state index is 12.0. The van der Waals surface area contributed by atoms with Crippen molar-refractivity contribution in [3.8, 4) is 0 Å². The van der Waals surface area contributed by atoms with E-state index < -0.39 is 0 Å². The highest BCUT2D eigenvalue weighted by molar-refractivity contribution is 5.78. The summed E-state index contributed by atoms with van der Waals surface area (Å²) in [5.41, 5.74) is 2.26. The predicted octanol–water partition coefficient (Wildman–Crippen LogP) is 3.19. The molecule has 3 amide bonds. The minimum absolute atomic E-state index is 0.0530. The van der Waals surface area contributed by atoms with Gasteiger partial charge in [-0.15, -0.1) is 0 Å². The highest BCUT2D eigenvalue weighted by atomic mass is 16.2. The minimum atomic E-state index is -0.266. The normalized spacial score (nSPS) is 11.4. The van der Waals surface area contributed by atoms with E-state index in [0.29, 0.717) is 25.6 Å². The number of carbonyl (C=O) groups excluding carboxylic acids is 2. The van der Waals surface area contributed by atoms with E-state index >= 15 is 0 Å². The summed E-state index contributed by atoms with van der Waals surface area (Å²) in [4.78, 5) is 23.7. The molecule has 2 aromatic rings. The molecule has 138 valence electrons. The summed E-state index contributed by atoms with van der Waals surface area (Å²) in [6.07, 6.45) is 1.23. The maximum Gasteiger partial charge on any atom is 0.315 e. The Morgan fingerprint density at radius 2 is 1.54 bits per heavy atom. The first kappa shape index (κ1) is 19.5. The van der Waals surface area contributed by atoms with Crippen LogP contribution in [0, 0.1) is 0 Å². The monoisotopic (exact) mass is 353 g/mol. The first-order valence-electron chi connectivity index (χ1n) is 9.06. The molecule has 1 unspecified atom stereocenters. The summed E-state index contributed by atoms with van der Waals surface area (Å²) in [5.74, 6) is 0.255. The van der Waals surface area contributed by atoms with Crippen molar-refractivity contribution in [2.45, 2.75) is 32.2 Å². The van der Waals surface area contributed by atoms with Crippen molar-refractivity contribution in [1.82, 2.24) is 16.0 Å². The third-order valence-corrected chi connectivity index (χ3v) is 4.24. The summed E-state index contributed by atoms with van der Waals surface area (Å²) >= 11 is 0. The Hall–Kier alpha value is -2.82. The van der Waals surface area contributed by atoms with Gasteiger partial charge in [0, 0.05) is 32.0 Å². The second kappa shape index (κ2) is 10.9. The van der Waals surface area contributed by atoms with Crippen molar-refractivity contribution < 1.29 is 9.59 Å². The van der Waals surface area contributed by atoms with Gasteiger partial charge >= 0.3 is 6.03 Å². The number of hydrogen-bond acceptors (Lipinski definition) is 2. The zero-order valence-electron chi connectivity index (χ0n) is 15.2. The molecule has 0 heterocycles. The Kier molecular flexibility index (Phi) is 8.19. The molecule has 0 aliphatic rings. The van der Waals surface area contributed by atoms with Crippen LogP contribution in [0.5, 0.6) is 0 Å². The summed E-state index contributed by atoms with van der Waals surface area (Å²) < 4.78 is 0. The van der Waals surface area contributed by atoms with Crippen molar-refractivity contribution in [3.63, 3.8) is 0 Å². The van der Waals surface area contributed by atoms with E-state index in [1.165, 1.54) is 5.56 Å². The first-order valence-corrected chi connectivity index (χ1v) is 9.06.